The fourth-order valence-corrected chi connectivity index (χ4v) is 2.72. The number of nitrogens with zero attached hydrogens (tertiary/aromatic N) is 1. The number of ether oxygens (including phenoxy) is 1. The first-order chi connectivity index (χ1) is 10.8. The average molecular weight is 294 g/mol. The van der Waals surface area contributed by atoms with Crippen molar-refractivity contribution in [1.29, 1.82) is 0 Å². The van der Waals surface area contributed by atoms with Crippen LogP contribution in [0, 0.1) is 5.92 Å². The molecule has 112 valence electrons. The largest absolute Gasteiger partial charge is 0.373 e. The Morgan fingerprint density at radius 2 is 1.82 bits per heavy atom. The zero-order chi connectivity index (χ0) is 15.4. The minimum Gasteiger partial charge on any atom is -0.373 e. The van der Waals surface area contributed by atoms with Crippen molar-refractivity contribution < 1.29 is 9.53 Å². The van der Waals surface area contributed by atoms with Gasteiger partial charge in [0.05, 0.1) is 12.1 Å². The molecule has 1 fully saturated rings. The summed E-state index contributed by atoms with van der Waals surface area (Å²) in [6.45, 7) is 0. The number of rotatable bonds is 5. The standard InChI is InChI=1S/C18H18N2O2/c1-22-18(15-10-6-3-7-11-15)12-16(18)17(21)20-19-13-14-8-4-2-5-9-14/h2-11,13,16H,12H2,1H3,(H,20,21)/b19-13-/t16-,18-/m0/s1. The second-order valence-corrected chi connectivity index (χ2v) is 5.36. The zero-order valence-corrected chi connectivity index (χ0v) is 12.4. The molecule has 22 heavy (non-hydrogen) atoms. The summed E-state index contributed by atoms with van der Waals surface area (Å²) in [5.41, 5.74) is 4.07. The number of hydrogen-bond acceptors (Lipinski definition) is 3. The highest BCUT2D eigenvalue weighted by molar-refractivity contribution is 5.86. The summed E-state index contributed by atoms with van der Waals surface area (Å²) in [5.74, 6) is -0.314. The third-order valence-corrected chi connectivity index (χ3v) is 4.04. The van der Waals surface area contributed by atoms with Crippen LogP contribution in [0.15, 0.2) is 65.8 Å². The second kappa shape index (κ2) is 6.12. The van der Waals surface area contributed by atoms with E-state index in [1.165, 1.54) is 0 Å². The molecule has 1 amide bonds. The molecule has 1 aliphatic rings. The fraction of sp³-hybridized carbons (Fsp3) is 0.222. The quantitative estimate of drug-likeness (QED) is 0.681. The minimum atomic E-state index is -0.506. The number of carbonyl (C=O) groups excluding carboxylic acids is 1. The molecule has 0 heterocycles. The van der Waals surface area contributed by atoms with Gasteiger partial charge >= 0.3 is 0 Å². The van der Waals surface area contributed by atoms with Gasteiger partial charge in [-0.2, -0.15) is 5.10 Å². The molecular formula is C18H18N2O2. The average Bonchev–Trinajstić information content (AvgIpc) is 3.33. The van der Waals surface area contributed by atoms with Crippen LogP contribution in [0.3, 0.4) is 0 Å². The lowest BCUT2D eigenvalue weighted by Crippen LogP contribution is -2.25. The number of benzene rings is 2. The van der Waals surface area contributed by atoms with E-state index < -0.39 is 5.60 Å². The predicted molar refractivity (Wildman–Crippen MR) is 85.4 cm³/mol. The molecule has 2 aromatic carbocycles. The Morgan fingerprint density at radius 1 is 1.18 bits per heavy atom. The summed E-state index contributed by atoms with van der Waals surface area (Å²) in [6, 6.07) is 19.5. The molecule has 4 nitrogen and oxygen atoms in total. The molecular weight excluding hydrogens is 276 g/mol. The number of methoxy groups -OCH3 is 1. The molecule has 1 saturated carbocycles. The number of hydrogen-bond donors (Lipinski definition) is 1. The molecule has 0 radical (unpaired) electrons. The highest BCUT2D eigenvalue weighted by Gasteiger charge is 2.60. The fourth-order valence-electron chi connectivity index (χ4n) is 2.72. The number of nitrogens with one attached hydrogen (secondary N) is 1. The molecule has 1 aliphatic carbocycles. The third-order valence-electron chi connectivity index (χ3n) is 4.04. The predicted octanol–water partition coefficient (Wildman–Crippen LogP) is 2.70. The van der Waals surface area contributed by atoms with Crippen molar-refractivity contribution in [2.75, 3.05) is 7.11 Å². The summed E-state index contributed by atoms with van der Waals surface area (Å²) in [5, 5.41) is 4.02. The van der Waals surface area contributed by atoms with Gasteiger partial charge in [0.1, 0.15) is 5.60 Å². The van der Waals surface area contributed by atoms with Crippen LogP contribution in [-0.4, -0.2) is 19.2 Å². The summed E-state index contributed by atoms with van der Waals surface area (Å²) in [7, 11) is 1.65. The van der Waals surface area contributed by atoms with E-state index in [0.717, 1.165) is 11.1 Å². The number of carbonyl (C=O) groups is 1. The van der Waals surface area contributed by atoms with Crippen molar-refractivity contribution in [3.63, 3.8) is 0 Å². The zero-order valence-electron chi connectivity index (χ0n) is 12.4. The molecule has 0 aromatic heterocycles. The molecule has 0 aliphatic heterocycles. The van der Waals surface area contributed by atoms with Gasteiger partial charge in [0, 0.05) is 7.11 Å². The molecule has 2 atom stereocenters. The maximum absolute atomic E-state index is 12.2. The Bertz CT molecular complexity index is 670. The highest BCUT2D eigenvalue weighted by Crippen LogP contribution is 2.54. The van der Waals surface area contributed by atoms with E-state index in [0.29, 0.717) is 6.42 Å². The summed E-state index contributed by atoms with van der Waals surface area (Å²) >= 11 is 0. The molecule has 0 spiro atoms. The third kappa shape index (κ3) is 2.78. The first kappa shape index (κ1) is 14.5. The van der Waals surface area contributed by atoms with Gasteiger partial charge in [-0.05, 0) is 17.5 Å². The smallest absolute Gasteiger partial charge is 0.246 e. The van der Waals surface area contributed by atoms with Gasteiger partial charge in [0.2, 0.25) is 5.91 Å². The Labute approximate surface area is 129 Å². The van der Waals surface area contributed by atoms with Crippen LogP contribution in [0.25, 0.3) is 0 Å². The van der Waals surface area contributed by atoms with E-state index in [-0.39, 0.29) is 11.8 Å². The Hall–Kier alpha value is -2.46. The van der Waals surface area contributed by atoms with E-state index in [1.807, 2.05) is 60.7 Å². The lowest BCUT2D eigenvalue weighted by atomic mass is 10.1. The van der Waals surface area contributed by atoms with Crippen LogP contribution in [0.5, 0.6) is 0 Å². The molecule has 0 bridgehead atoms. The number of amides is 1. The van der Waals surface area contributed by atoms with Crippen molar-refractivity contribution in [3.8, 4) is 0 Å². The van der Waals surface area contributed by atoms with E-state index in [1.54, 1.807) is 13.3 Å². The van der Waals surface area contributed by atoms with Gasteiger partial charge in [-0.1, -0.05) is 60.7 Å². The van der Waals surface area contributed by atoms with Crippen molar-refractivity contribution in [2.45, 2.75) is 12.0 Å². The minimum absolute atomic E-state index is 0.113. The van der Waals surface area contributed by atoms with Crippen LogP contribution in [0.4, 0.5) is 0 Å². The van der Waals surface area contributed by atoms with Crippen molar-refractivity contribution >= 4 is 12.1 Å². The molecule has 0 saturated heterocycles. The summed E-state index contributed by atoms with van der Waals surface area (Å²) < 4.78 is 5.62. The van der Waals surface area contributed by atoms with Gasteiger partial charge in [-0.15, -0.1) is 0 Å². The van der Waals surface area contributed by atoms with Crippen molar-refractivity contribution in [1.82, 2.24) is 5.43 Å². The van der Waals surface area contributed by atoms with Crippen LogP contribution >= 0.6 is 0 Å². The SMILES string of the molecule is CO[C@]1(c2ccccc2)C[C@H]1C(=O)N/N=C\c1ccccc1. The first-order valence-electron chi connectivity index (χ1n) is 7.25. The van der Waals surface area contributed by atoms with E-state index >= 15 is 0 Å². The maximum Gasteiger partial charge on any atom is 0.246 e. The lowest BCUT2D eigenvalue weighted by Gasteiger charge is -2.15. The van der Waals surface area contributed by atoms with E-state index in [2.05, 4.69) is 10.5 Å². The lowest BCUT2D eigenvalue weighted by molar-refractivity contribution is -0.124. The molecule has 1 N–H and O–H groups in total. The molecule has 3 rings (SSSR count). The van der Waals surface area contributed by atoms with Gasteiger partial charge in [0.15, 0.2) is 0 Å². The Balaban J connectivity index is 1.64. The normalized spacial score (nSPS) is 23.4. The van der Waals surface area contributed by atoms with Crippen molar-refractivity contribution in [3.05, 3.63) is 71.8 Å². The molecule has 4 heteroatoms. The van der Waals surface area contributed by atoms with Gasteiger partial charge in [-0.3, -0.25) is 4.79 Å². The maximum atomic E-state index is 12.2. The second-order valence-electron chi connectivity index (χ2n) is 5.36. The van der Waals surface area contributed by atoms with Crippen LogP contribution in [0.1, 0.15) is 17.5 Å². The first-order valence-corrected chi connectivity index (χ1v) is 7.25. The summed E-state index contributed by atoms with van der Waals surface area (Å²) in [6.07, 6.45) is 2.32. The van der Waals surface area contributed by atoms with Crippen LogP contribution in [0.2, 0.25) is 0 Å². The Kier molecular flexibility index (Phi) is 4.02. The highest BCUT2D eigenvalue weighted by atomic mass is 16.5. The van der Waals surface area contributed by atoms with Gasteiger partial charge in [0.25, 0.3) is 0 Å². The monoisotopic (exact) mass is 294 g/mol. The Morgan fingerprint density at radius 3 is 2.45 bits per heavy atom. The number of hydrazone groups is 1. The topological polar surface area (TPSA) is 50.7 Å². The summed E-state index contributed by atoms with van der Waals surface area (Å²) in [4.78, 5) is 12.2. The van der Waals surface area contributed by atoms with Crippen molar-refractivity contribution in [2.24, 2.45) is 11.0 Å². The molecule has 0 unspecified atom stereocenters. The molecule has 2 aromatic rings. The van der Waals surface area contributed by atoms with E-state index in [9.17, 15) is 4.79 Å². The van der Waals surface area contributed by atoms with Crippen LogP contribution in [-0.2, 0) is 15.1 Å². The van der Waals surface area contributed by atoms with E-state index in [4.69, 9.17) is 4.74 Å². The van der Waals surface area contributed by atoms with Crippen LogP contribution < -0.4 is 5.43 Å². The van der Waals surface area contributed by atoms with Gasteiger partial charge < -0.3 is 4.74 Å². The van der Waals surface area contributed by atoms with Gasteiger partial charge in [-0.25, -0.2) is 5.43 Å².